The molecule has 0 aliphatic carbocycles. The number of rotatable bonds is 2. The molecule has 58 valence electrons. The molecule has 0 bridgehead atoms. The van der Waals surface area contributed by atoms with Crippen LogP contribution in [-0.2, 0) is 9.53 Å². The van der Waals surface area contributed by atoms with Crippen LogP contribution in [0.4, 0.5) is 0 Å². The summed E-state index contributed by atoms with van der Waals surface area (Å²) in [5.41, 5.74) is 0. The van der Waals surface area contributed by atoms with Crippen molar-refractivity contribution in [1.82, 2.24) is 0 Å². The number of hydrogen-bond acceptors (Lipinski definition) is 2. The molecule has 1 saturated heterocycles. The molecule has 10 heavy (non-hydrogen) atoms. The highest BCUT2D eigenvalue weighted by atomic mass is 16.6. The van der Waals surface area contributed by atoms with Crippen molar-refractivity contribution in [2.45, 2.75) is 12.5 Å². The Bertz CT molecular complexity index is 140. The molecule has 1 atom stereocenters. The highest BCUT2D eigenvalue weighted by Gasteiger charge is 2.32. The number of esters is 1. The van der Waals surface area contributed by atoms with Crippen LogP contribution in [0.1, 0.15) is 6.42 Å². The molecule has 0 spiro atoms. The Balaban J connectivity index is 2.22. The third kappa shape index (κ3) is 1.99. The van der Waals surface area contributed by atoms with E-state index in [1.807, 2.05) is 0 Å². The summed E-state index contributed by atoms with van der Waals surface area (Å²) >= 11 is 0. The van der Waals surface area contributed by atoms with Gasteiger partial charge < -0.3 is 9.22 Å². The zero-order valence-electron chi connectivity index (χ0n) is 6.76. The first-order chi connectivity index (χ1) is 4.47. The van der Waals surface area contributed by atoms with E-state index in [4.69, 9.17) is 4.74 Å². The van der Waals surface area contributed by atoms with Crippen molar-refractivity contribution in [2.24, 2.45) is 0 Å². The predicted octanol–water partition coefficient (Wildman–Crippen LogP) is 0.00810. The van der Waals surface area contributed by atoms with E-state index in [1.54, 1.807) is 0 Å². The molecule has 0 aromatic rings. The Morgan fingerprint density at radius 3 is 2.40 bits per heavy atom. The molecule has 3 heteroatoms. The number of nitrogens with zero attached hydrogens (tertiary/aromatic N) is 1. The summed E-state index contributed by atoms with van der Waals surface area (Å²) < 4.78 is 5.72. The number of hydrogen-bond donors (Lipinski definition) is 0. The van der Waals surface area contributed by atoms with Crippen molar-refractivity contribution >= 4 is 5.97 Å². The fraction of sp³-hybridized carbons (Fsp3) is 0.857. The molecule has 0 unspecified atom stereocenters. The van der Waals surface area contributed by atoms with E-state index in [2.05, 4.69) is 21.1 Å². The van der Waals surface area contributed by atoms with Crippen LogP contribution in [0.15, 0.2) is 0 Å². The van der Waals surface area contributed by atoms with Crippen molar-refractivity contribution in [2.75, 3.05) is 27.7 Å². The van der Waals surface area contributed by atoms with Crippen LogP contribution >= 0.6 is 0 Å². The third-order valence-electron chi connectivity index (χ3n) is 1.44. The molecule has 0 aromatic heterocycles. The summed E-state index contributed by atoms with van der Waals surface area (Å²) in [4.78, 5) is 10.4. The maximum atomic E-state index is 10.4. The number of quaternary nitrogens is 1. The second kappa shape index (κ2) is 2.23. The maximum absolute atomic E-state index is 10.4. The zero-order chi connectivity index (χ0) is 7.78. The summed E-state index contributed by atoms with van der Waals surface area (Å²) in [6, 6.07) is 0. The van der Waals surface area contributed by atoms with Crippen molar-refractivity contribution in [3.05, 3.63) is 0 Å². The van der Waals surface area contributed by atoms with Gasteiger partial charge >= 0.3 is 5.97 Å². The van der Waals surface area contributed by atoms with Gasteiger partial charge in [-0.2, -0.15) is 0 Å². The van der Waals surface area contributed by atoms with Gasteiger partial charge in [0.15, 0.2) is 6.10 Å². The van der Waals surface area contributed by atoms with E-state index in [9.17, 15) is 4.79 Å². The fourth-order valence-electron chi connectivity index (χ4n) is 1.07. The molecule has 1 heterocycles. The quantitative estimate of drug-likeness (QED) is 0.403. The minimum atomic E-state index is -0.0570. The summed E-state index contributed by atoms with van der Waals surface area (Å²) in [5, 5.41) is 0. The number of carbonyl (C=O) groups is 1. The number of ether oxygens (including phenoxy) is 1. The Morgan fingerprint density at radius 2 is 2.10 bits per heavy atom. The molecule has 0 N–H and O–H groups in total. The number of likely N-dealkylation sites (N-methyl/N-ethyl adjacent to an activating group) is 1. The number of cyclic esters (lactones) is 1. The van der Waals surface area contributed by atoms with Crippen LogP contribution in [0.3, 0.4) is 0 Å². The van der Waals surface area contributed by atoms with Crippen molar-refractivity contribution in [1.29, 1.82) is 0 Å². The average molecular weight is 144 g/mol. The average Bonchev–Trinajstić information content (AvgIpc) is 1.57. The van der Waals surface area contributed by atoms with Crippen LogP contribution in [0, 0.1) is 0 Å². The van der Waals surface area contributed by atoms with Crippen molar-refractivity contribution in [3.63, 3.8) is 0 Å². The monoisotopic (exact) mass is 144 g/mol. The molecule has 3 nitrogen and oxygen atoms in total. The van der Waals surface area contributed by atoms with Crippen LogP contribution < -0.4 is 0 Å². The molecule has 0 amide bonds. The minimum Gasteiger partial charge on any atom is -0.456 e. The smallest absolute Gasteiger partial charge is 0.310 e. The lowest BCUT2D eigenvalue weighted by molar-refractivity contribution is -0.874. The fourth-order valence-corrected chi connectivity index (χ4v) is 1.07. The summed E-state index contributed by atoms with van der Waals surface area (Å²) in [7, 11) is 6.27. The van der Waals surface area contributed by atoms with E-state index < -0.39 is 0 Å². The van der Waals surface area contributed by atoms with E-state index in [0.29, 0.717) is 6.42 Å². The SMILES string of the molecule is C[N+](C)(C)C[C@@H]1CC(=O)O1. The lowest BCUT2D eigenvalue weighted by Crippen LogP contribution is -2.48. The van der Waals surface area contributed by atoms with Gasteiger partial charge in [-0.15, -0.1) is 0 Å². The van der Waals surface area contributed by atoms with Crippen LogP contribution in [0.2, 0.25) is 0 Å². The molecular formula is C7H14NO2+. The first-order valence-corrected chi connectivity index (χ1v) is 3.47. The Kier molecular flexibility index (Phi) is 1.68. The lowest BCUT2D eigenvalue weighted by Gasteiger charge is -2.32. The highest BCUT2D eigenvalue weighted by Crippen LogP contribution is 2.14. The lowest BCUT2D eigenvalue weighted by atomic mass is 10.1. The van der Waals surface area contributed by atoms with Gasteiger partial charge in [-0.1, -0.05) is 0 Å². The van der Waals surface area contributed by atoms with E-state index >= 15 is 0 Å². The van der Waals surface area contributed by atoms with Gasteiger partial charge in [0.2, 0.25) is 0 Å². The molecule has 1 aliphatic rings. The normalized spacial score (nSPS) is 25.5. The first-order valence-electron chi connectivity index (χ1n) is 3.47. The largest absolute Gasteiger partial charge is 0.456 e. The van der Waals surface area contributed by atoms with Crippen LogP contribution in [0.25, 0.3) is 0 Å². The van der Waals surface area contributed by atoms with Gasteiger partial charge in [-0.05, 0) is 0 Å². The maximum Gasteiger partial charge on any atom is 0.310 e. The first kappa shape index (κ1) is 7.54. The molecular weight excluding hydrogens is 130 g/mol. The van der Waals surface area contributed by atoms with E-state index in [-0.39, 0.29) is 12.1 Å². The van der Waals surface area contributed by atoms with Crippen LogP contribution in [-0.4, -0.2) is 44.2 Å². The predicted molar refractivity (Wildman–Crippen MR) is 37.4 cm³/mol. The highest BCUT2D eigenvalue weighted by molar-refractivity contribution is 5.75. The Labute approximate surface area is 61.2 Å². The third-order valence-corrected chi connectivity index (χ3v) is 1.44. The molecule has 1 fully saturated rings. The Morgan fingerprint density at radius 1 is 1.60 bits per heavy atom. The van der Waals surface area contributed by atoms with E-state index in [0.717, 1.165) is 11.0 Å². The van der Waals surface area contributed by atoms with Gasteiger partial charge in [0, 0.05) is 0 Å². The Hall–Kier alpha value is -0.570. The van der Waals surface area contributed by atoms with Gasteiger partial charge in [0.1, 0.15) is 6.54 Å². The topological polar surface area (TPSA) is 26.3 Å². The van der Waals surface area contributed by atoms with Gasteiger partial charge in [0.25, 0.3) is 0 Å². The summed E-state index contributed by atoms with van der Waals surface area (Å²) in [6.07, 6.45) is 0.780. The minimum absolute atomic E-state index is 0.0570. The second-order valence-electron chi connectivity index (χ2n) is 3.79. The number of carbonyl (C=O) groups excluding carboxylic acids is 1. The van der Waals surface area contributed by atoms with Gasteiger partial charge in [-0.25, -0.2) is 0 Å². The second-order valence-corrected chi connectivity index (χ2v) is 3.79. The van der Waals surface area contributed by atoms with Gasteiger partial charge in [-0.3, -0.25) is 4.79 Å². The molecule has 1 aliphatic heterocycles. The van der Waals surface area contributed by atoms with Crippen LogP contribution in [0.5, 0.6) is 0 Å². The molecule has 0 saturated carbocycles. The van der Waals surface area contributed by atoms with Gasteiger partial charge in [0.05, 0.1) is 27.6 Å². The van der Waals surface area contributed by atoms with E-state index in [1.165, 1.54) is 0 Å². The zero-order valence-corrected chi connectivity index (χ0v) is 6.76. The van der Waals surface area contributed by atoms with Crippen molar-refractivity contribution in [3.8, 4) is 0 Å². The van der Waals surface area contributed by atoms with Crippen molar-refractivity contribution < 1.29 is 14.0 Å². The molecule has 0 radical (unpaired) electrons. The standard InChI is InChI=1S/C7H14NO2/c1-8(2,3)5-6-4-7(9)10-6/h6H,4-5H2,1-3H3/q+1/t6-/m0/s1. The molecule has 1 rings (SSSR count). The summed E-state index contributed by atoms with van der Waals surface area (Å²) in [5.74, 6) is -0.0570. The molecule has 0 aromatic carbocycles. The summed E-state index contributed by atoms with van der Waals surface area (Å²) in [6.45, 7) is 0.922.